The number of para-hydroxylation sites is 1. The van der Waals surface area contributed by atoms with Gasteiger partial charge in [0.1, 0.15) is 17.2 Å². The zero-order chi connectivity index (χ0) is 21.4. The fourth-order valence-electron chi connectivity index (χ4n) is 3.59. The van der Waals surface area contributed by atoms with Gasteiger partial charge in [-0.2, -0.15) is 0 Å². The summed E-state index contributed by atoms with van der Waals surface area (Å²) in [5.74, 6) is 0.182. The number of nitrogens with one attached hydrogen (secondary N) is 2. The molecule has 0 fully saturated rings. The smallest absolute Gasteiger partial charge is 0.291 e. The number of halogens is 1. The predicted molar refractivity (Wildman–Crippen MR) is 116 cm³/mol. The standard InChI is InChI=1S/C24H18FN3O3/c1-30-13-18-17-4-2-3-5-21(17)31-22(18)24(29)26-16-10-11-19-20(12-16)28-23(27-19)14-6-8-15(25)9-7-14/h2-12H,13H2,1H3,(H,26,29)(H,27,28). The number of hydrogen-bond donors (Lipinski definition) is 2. The van der Waals surface area contributed by atoms with Crippen molar-refractivity contribution in [3.05, 3.63) is 83.9 Å². The van der Waals surface area contributed by atoms with Crippen LogP contribution >= 0.6 is 0 Å². The van der Waals surface area contributed by atoms with Crippen molar-refractivity contribution in [1.82, 2.24) is 9.97 Å². The summed E-state index contributed by atoms with van der Waals surface area (Å²) < 4.78 is 24.3. The molecule has 0 aliphatic rings. The third-order valence-corrected chi connectivity index (χ3v) is 5.05. The van der Waals surface area contributed by atoms with Crippen LogP contribution in [0.5, 0.6) is 0 Å². The van der Waals surface area contributed by atoms with E-state index in [0.717, 1.165) is 22.0 Å². The number of benzene rings is 3. The number of nitrogens with zero attached hydrogens (tertiary/aromatic N) is 1. The van der Waals surface area contributed by atoms with Gasteiger partial charge in [-0.3, -0.25) is 4.79 Å². The van der Waals surface area contributed by atoms with Gasteiger partial charge >= 0.3 is 0 Å². The molecular weight excluding hydrogens is 397 g/mol. The highest BCUT2D eigenvalue weighted by molar-refractivity contribution is 6.07. The van der Waals surface area contributed by atoms with E-state index >= 15 is 0 Å². The normalized spacial score (nSPS) is 11.3. The highest BCUT2D eigenvalue weighted by atomic mass is 19.1. The predicted octanol–water partition coefficient (Wildman–Crippen LogP) is 5.51. The number of carbonyl (C=O) groups excluding carboxylic acids is 1. The largest absolute Gasteiger partial charge is 0.451 e. The van der Waals surface area contributed by atoms with Gasteiger partial charge in [0.2, 0.25) is 0 Å². The maximum Gasteiger partial charge on any atom is 0.291 e. The molecule has 0 saturated heterocycles. The molecule has 1 amide bonds. The second kappa shape index (κ2) is 7.70. The zero-order valence-corrected chi connectivity index (χ0v) is 16.6. The van der Waals surface area contributed by atoms with Gasteiger partial charge in [-0.05, 0) is 48.5 Å². The Labute approximate surface area is 176 Å². The molecule has 0 aliphatic heterocycles. The van der Waals surface area contributed by atoms with Crippen molar-refractivity contribution in [2.45, 2.75) is 6.61 Å². The Hall–Kier alpha value is -3.97. The molecule has 5 rings (SSSR count). The van der Waals surface area contributed by atoms with Gasteiger partial charge in [-0.15, -0.1) is 0 Å². The van der Waals surface area contributed by atoms with E-state index in [9.17, 15) is 9.18 Å². The van der Waals surface area contributed by atoms with Gasteiger partial charge in [0.15, 0.2) is 5.76 Å². The summed E-state index contributed by atoms with van der Waals surface area (Å²) in [6.45, 7) is 0.264. The lowest BCUT2D eigenvalue weighted by Crippen LogP contribution is -2.13. The van der Waals surface area contributed by atoms with Crippen LogP contribution in [0.2, 0.25) is 0 Å². The minimum absolute atomic E-state index is 0.222. The summed E-state index contributed by atoms with van der Waals surface area (Å²) in [6.07, 6.45) is 0. The van der Waals surface area contributed by atoms with E-state index in [1.807, 2.05) is 30.3 Å². The van der Waals surface area contributed by atoms with Crippen LogP contribution in [0.1, 0.15) is 16.1 Å². The Morgan fingerprint density at radius 2 is 1.94 bits per heavy atom. The number of aromatic amines is 1. The molecule has 0 aliphatic carbocycles. The lowest BCUT2D eigenvalue weighted by molar-refractivity contribution is 0.0992. The lowest BCUT2D eigenvalue weighted by Gasteiger charge is -2.05. The minimum Gasteiger partial charge on any atom is -0.451 e. The van der Waals surface area contributed by atoms with Crippen LogP contribution < -0.4 is 5.32 Å². The van der Waals surface area contributed by atoms with Crippen LogP contribution in [0.4, 0.5) is 10.1 Å². The maximum atomic E-state index is 13.2. The fraction of sp³-hybridized carbons (Fsp3) is 0.0833. The van der Waals surface area contributed by atoms with Crippen molar-refractivity contribution in [2.24, 2.45) is 0 Å². The molecule has 31 heavy (non-hydrogen) atoms. The molecule has 0 spiro atoms. The Kier molecular flexibility index (Phi) is 4.72. The number of H-pyrrole nitrogens is 1. The van der Waals surface area contributed by atoms with Gasteiger partial charge in [0, 0.05) is 29.3 Å². The van der Waals surface area contributed by atoms with E-state index in [-0.39, 0.29) is 24.1 Å². The minimum atomic E-state index is -0.360. The zero-order valence-electron chi connectivity index (χ0n) is 16.6. The summed E-state index contributed by atoms with van der Waals surface area (Å²) in [5, 5.41) is 3.73. The summed E-state index contributed by atoms with van der Waals surface area (Å²) in [7, 11) is 1.58. The van der Waals surface area contributed by atoms with E-state index in [2.05, 4.69) is 15.3 Å². The monoisotopic (exact) mass is 415 g/mol. The number of furan rings is 1. The molecule has 3 aromatic carbocycles. The van der Waals surface area contributed by atoms with Crippen LogP contribution in [-0.4, -0.2) is 23.0 Å². The molecule has 0 atom stereocenters. The topological polar surface area (TPSA) is 80.1 Å². The van der Waals surface area contributed by atoms with Crippen LogP contribution in [-0.2, 0) is 11.3 Å². The molecule has 7 heteroatoms. The summed E-state index contributed by atoms with van der Waals surface area (Å²) >= 11 is 0. The Morgan fingerprint density at radius 1 is 1.13 bits per heavy atom. The number of ether oxygens (including phenoxy) is 1. The molecule has 2 aromatic heterocycles. The first-order chi connectivity index (χ1) is 15.1. The maximum absolute atomic E-state index is 13.2. The molecule has 2 heterocycles. The molecule has 0 bridgehead atoms. The summed E-state index contributed by atoms with van der Waals surface area (Å²) in [5.41, 5.74) is 4.19. The quantitative estimate of drug-likeness (QED) is 0.396. The number of hydrogen-bond acceptors (Lipinski definition) is 4. The van der Waals surface area contributed by atoms with E-state index in [1.54, 1.807) is 31.4 Å². The molecule has 0 saturated carbocycles. The third-order valence-electron chi connectivity index (χ3n) is 5.05. The van der Waals surface area contributed by atoms with Gasteiger partial charge in [-0.1, -0.05) is 18.2 Å². The second-order valence-corrected chi connectivity index (χ2v) is 7.12. The highest BCUT2D eigenvalue weighted by Gasteiger charge is 2.20. The third kappa shape index (κ3) is 3.55. The van der Waals surface area contributed by atoms with Crippen molar-refractivity contribution >= 4 is 33.6 Å². The van der Waals surface area contributed by atoms with Crippen molar-refractivity contribution in [3.8, 4) is 11.4 Å². The van der Waals surface area contributed by atoms with Crippen LogP contribution in [0.25, 0.3) is 33.4 Å². The van der Waals surface area contributed by atoms with Gasteiger partial charge in [0.25, 0.3) is 5.91 Å². The number of imidazole rings is 1. The molecule has 2 N–H and O–H groups in total. The van der Waals surface area contributed by atoms with E-state index in [4.69, 9.17) is 9.15 Å². The summed E-state index contributed by atoms with van der Waals surface area (Å²) in [4.78, 5) is 20.7. The van der Waals surface area contributed by atoms with E-state index in [0.29, 0.717) is 22.7 Å². The van der Waals surface area contributed by atoms with Crippen LogP contribution in [0.15, 0.2) is 71.1 Å². The highest BCUT2D eigenvalue weighted by Crippen LogP contribution is 2.28. The molecule has 6 nitrogen and oxygen atoms in total. The van der Waals surface area contributed by atoms with Crippen molar-refractivity contribution in [1.29, 1.82) is 0 Å². The Bertz CT molecular complexity index is 1400. The molecular formula is C24H18FN3O3. The summed E-state index contributed by atoms with van der Waals surface area (Å²) in [6, 6.07) is 18.9. The first kappa shape index (κ1) is 19.0. The number of methoxy groups -OCH3 is 1. The lowest BCUT2D eigenvalue weighted by atomic mass is 10.1. The molecule has 154 valence electrons. The molecule has 0 unspecified atom stereocenters. The average molecular weight is 415 g/mol. The number of fused-ring (bicyclic) bond motifs is 2. The fourth-order valence-corrected chi connectivity index (χ4v) is 3.59. The second-order valence-electron chi connectivity index (χ2n) is 7.12. The van der Waals surface area contributed by atoms with E-state index < -0.39 is 0 Å². The Balaban J connectivity index is 1.45. The first-order valence-corrected chi connectivity index (χ1v) is 9.69. The Morgan fingerprint density at radius 3 is 2.74 bits per heavy atom. The molecule has 5 aromatic rings. The van der Waals surface area contributed by atoms with Gasteiger partial charge < -0.3 is 19.5 Å². The number of aromatic nitrogens is 2. The number of rotatable bonds is 5. The molecule has 0 radical (unpaired) electrons. The van der Waals surface area contributed by atoms with Crippen LogP contribution in [0.3, 0.4) is 0 Å². The van der Waals surface area contributed by atoms with Crippen molar-refractivity contribution in [3.63, 3.8) is 0 Å². The van der Waals surface area contributed by atoms with Crippen molar-refractivity contribution < 1.29 is 18.3 Å². The SMILES string of the molecule is COCc1c(C(=O)Nc2ccc3nc(-c4ccc(F)cc4)[nH]c3c2)oc2ccccc12. The van der Waals surface area contributed by atoms with Crippen LogP contribution in [0, 0.1) is 5.82 Å². The van der Waals surface area contributed by atoms with E-state index in [1.165, 1.54) is 12.1 Å². The van der Waals surface area contributed by atoms with Gasteiger partial charge in [0.05, 0.1) is 17.6 Å². The average Bonchev–Trinajstić information content (AvgIpc) is 3.36. The van der Waals surface area contributed by atoms with Gasteiger partial charge in [-0.25, -0.2) is 9.37 Å². The number of carbonyl (C=O) groups is 1. The number of amides is 1. The van der Waals surface area contributed by atoms with Crippen molar-refractivity contribution in [2.75, 3.05) is 12.4 Å². The number of anilines is 1. The first-order valence-electron chi connectivity index (χ1n) is 9.69.